The molecule has 0 radical (unpaired) electrons. The summed E-state index contributed by atoms with van der Waals surface area (Å²) >= 11 is 1.65. The molecule has 0 aliphatic carbocycles. The van der Waals surface area contributed by atoms with Crippen molar-refractivity contribution in [2.75, 3.05) is 13.2 Å². The smallest absolute Gasteiger partial charge is 0.137 e. The molecule has 0 aliphatic rings. The number of aromatic nitrogens is 2. The lowest BCUT2D eigenvalue weighted by atomic mass is 10.5. The quantitative estimate of drug-likeness (QED) is 0.774. The van der Waals surface area contributed by atoms with E-state index in [9.17, 15) is 0 Å². The number of nitrogens with zero attached hydrogens (tertiary/aromatic N) is 2. The second-order valence-corrected chi connectivity index (χ2v) is 4.15. The summed E-state index contributed by atoms with van der Waals surface area (Å²) in [5.41, 5.74) is 1.84. The Labute approximate surface area is 98.3 Å². The molecule has 1 N–H and O–H groups in total. The highest BCUT2D eigenvalue weighted by molar-refractivity contribution is 7.09. The van der Waals surface area contributed by atoms with Gasteiger partial charge < -0.3 is 10.1 Å². The summed E-state index contributed by atoms with van der Waals surface area (Å²) in [7, 11) is 0. The highest BCUT2D eigenvalue weighted by Gasteiger charge is 1.94. The number of pyridine rings is 1. The average Bonchev–Trinajstić information content (AvgIpc) is 2.83. The second-order valence-electron chi connectivity index (χ2n) is 3.18. The molecule has 0 bridgehead atoms. The summed E-state index contributed by atoms with van der Waals surface area (Å²) in [6, 6.07) is 3.76. The summed E-state index contributed by atoms with van der Waals surface area (Å²) < 4.78 is 5.49. The molecule has 0 amide bonds. The SMILES string of the molecule is c1cncc(OCCNCc2cncs2)c1. The minimum absolute atomic E-state index is 0.643. The fourth-order valence-corrected chi connectivity index (χ4v) is 1.78. The van der Waals surface area contributed by atoms with Crippen LogP contribution in [0, 0.1) is 0 Å². The van der Waals surface area contributed by atoms with Crippen LogP contribution in [0.3, 0.4) is 0 Å². The normalized spacial score (nSPS) is 10.2. The van der Waals surface area contributed by atoms with Crippen molar-refractivity contribution in [3.05, 3.63) is 41.1 Å². The molecule has 2 heterocycles. The van der Waals surface area contributed by atoms with Crippen molar-refractivity contribution in [2.24, 2.45) is 0 Å². The molecule has 16 heavy (non-hydrogen) atoms. The Bertz CT molecular complexity index is 391. The van der Waals surface area contributed by atoms with Gasteiger partial charge in [-0.1, -0.05) is 0 Å². The Kier molecular flexibility index (Phi) is 4.27. The third-order valence-corrected chi connectivity index (χ3v) is 2.74. The van der Waals surface area contributed by atoms with Crippen LogP contribution in [0.15, 0.2) is 36.2 Å². The number of nitrogens with one attached hydrogen (secondary N) is 1. The lowest BCUT2D eigenvalue weighted by Crippen LogP contribution is -2.20. The first-order chi connectivity index (χ1) is 7.95. The van der Waals surface area contributed by atoms with E-state index in [0.717, 1.165) is 18.8 Å². The largest absolute Gasteiger partial charge is 0.491 e. The van der Waals surface area contributed by atoms with Crippen LogP contribution in [0.5, 0.6) is 5.75 Å². The molecule has 0 saturated carbocycles. The van der Waals surface area contributed by atoms with Crippen molar-refractivity contribution in [3.63, 3.8) is 0 Å². The molecule has 84 valence electrons. The summed E-state index contributed by atoms with van der Waals surface area (Å²) in [5.74, 6) is 0.807. The molecule has 0 spiro atoms. The minimum atomic E-state index is 0.643. The molecular weight excluding hydrogens is 222 g/mol. The lowest BCUT2D eigenvalue weighted by Gasteiger charge is -2.05. The molecule has 0 aromatic carbocycles. The van der Waals surface area contributed by atoms with E-state index in [4.69, 9.17) is 4.74 Å². The van der Waals surface area contributed by atoms with Gasteiger partial charge in [0.1, 0.15) is 12.4 Å². The number of hydrogen-bond acceptors (Lipinski definition) is 5. The molecule has 2 aromatic heterocycles. The van der Waals surface area contributed by atoms with Gasteiger partial charge in [-0.15, -0.1) is 11.3 Å². The average molecular weight is 235 g/mol. The van der Waals surface area contributed by atoms with Gasteiger partial charge in [0, 0.05) is 30.4 Å². The molecule has 0 saturated heterocycles. The van der Waals surface area contributed by atoms with Crippen molar-refractivity contribution in [1.29, 1.82) is 0 Å². The molecule has 0 fully saturated rings. The van der Waals surface area contributed by atoms with Crippen LogP contribution in [0.25, 0.3) is 0 Å². The first-order valence-electron chi connectivity index (χ1n) is 5.06. The molecule has 2 rings (SSSR count). The molecule has 0 aliphatic heterocycles. The van der Waals surface area contributed by atoms with Gasteiger partial charge in [0.05, 0.1) is 11.7 Å². The van der Waals surface area contributed by atoms with Gasteiger partial charge >= 0.3 is 0 Å². The van der Waals surface area contributed by atoms with E-state index in [1.807, 2.05) is 23.8 Å². The predicted octanol–water partition coefficient (Wildman–Crippen LogP) is 1.71. The Morgan fingerprint density at radius 1 is 1.31 bits per heavy atom. The monoisotopic (exact) mass is 235 g/mol. The van der Waals surface area contributed by atoms with Crippen molar-refractivity contribution < 1.29 is 4.74 Å². The van der Waals surface area contributed by atoms with Crippen molar-refractivity contribution >= 4 is 11.3 Å². The van der Waals surface area contributed by atoms with Gasteiger partial charge in [0.15, 0.2) is 0 Å². The third-order valence-electron chi connectivity index (χ3n) is 1.96. The highest BCUT2D eigenvalue weighted by Crippen LogP contribution is 2.06. The maximum absolute atomic E-state index is 5.49. The van der Waals surface area contributed by atoms with Crippen molar-refractivity contribution in [1.82, 2.24) is 15.3 Å². The third kappa shape index (κ3) is 3.60. The second kappa shape index (κ2) is 6.19. The predicted molar refractivity (Wildman–Crippen MR) is 63.6 cm³/mol. The van der Waals surface area contributed by atoms with E-state index < -0.39 is 0 Å². The zero-order valence-electron chi connectivity index (χ0n) is 8.80. The van der Waals surface area contributed by atoms with E-state index in [2.05, 4.69) is 15.3 Å². The zero-order chi connectivity index (χ0) is 11.1. The van der Waals surface area contributed by atoms with Gasteiger partial charge in [-0.3, -0.25) is 9.97 Å². The first-order valence-corrected chi connectivity index (χ1v) is 5.94. The topological polar surface area (TPSA) is 47.0 Å². The molecule has 5 heteroatoms. The molecular formula is C11H13N3OS. The van der Waals surface area contributed by atoms with Crippen LogP contribution in [0.4, 0.5) is 0 Å². The fraction of sp³-hybridized carbons (Fsp3) is 0.273. The van der Waals surface area contributed by atoms with Crippen LogP contribution < -0.4 is 10.1 Å². The number of ether oxygens (including phenoxy) is 1. The van der Waals surface area contributed by atoms with Gasteiger partial charge in [0.2, 0.25) is 0 Å². The van der Waals surface area contributed by atoms with Crippen LogP contribution in [-0.2, 0) is 6.54 Å². The van der Waals surface area contributed by atoms with Crippen LogP contribution >= 0.6 is 11.3 Å². The summed E-state index contributed by atoms with van der Waals surface area (Å²) in [4.78, 5) is 9.22. The molecule has 2 aromatic rings. The van der Waals surface area contributed by atoms with Crippen molar-refractivity contribution in [3.8, 4) is 5.75 Å². The molecule has 0 unspecified atom stereocenters. The van der Waals surface area contributed by atoms with Crippen LogP contribution in [0.1, 0.15) is 4.88 Å². The van der Waals surface area contributed by atoms with E-state index in [-0.39, 0.29) is 0 Å². The van der Waals surface area contributed by atoms with Gasteiger partial charge in [0.25, 0.3) is 0 Å². The van der Waals surface area contributed by atoms with E-state index in [0.29, 0.717) is 6.61 Å². The Hall–Kier alpha value is -1.46. The van der Waals surface area contributed by atoms with E-state index in [1.54, 1.807) is 23.7 Å². The number of rotatable bonds is 6. The summed E-state index contributed by atoms with van der Waals surface area (Å²) in [5, 5.41) is 3.28. The minimum Gasteiger partial charge on any atom is -0.491 e. The molecule has 0 atom stereocenters. The van der Waals surface area contributed by atoms with Gasteiger partial charge in [-0.2, -0.15) is 0 Å². The van der Waals surface area contributed by atoms with Gasteiger partial charge in [-0.25, -0.2) is 0 Å². The Morgan fingerprint density at radius 2 is 2.31 bits per heavy atom. The lowest BCUT2D eigenvalue weighted by molar-refractivity contribution is 0.312. The maximum Gasteiger partial charge on any atom is 0.137 e. The van der Waals surface area contributed by atoms with E-state index in [1.165, 1.54) is 4.88 Å². The first kappa shape index (κ1) is 11.0. The summed E-state index contributed by atoms with van der Waals surface area (Å²) in [6.07, 6.45) is 5.32. The fourth-order valence-electron chi connectivity index (χ4n) is 1.21. The molecule has 4 nitrogen and oxygen atoms in total. The standard InChI is InChI=1S/C11H13N3OS/c1-2-10(6-12-3-1)15-5-4-13-7-11-8-14-9-16-11/h1-3,6,8-9,13H,4-5,7H2. The number of hydrogen-bond donors (Lipinski definition) is 1. The van der Waals surface area contributed by atoms with Crippen LogP contribution in [0.2, 0.25) is 0 Å². The highest BCUT2D eigenvalue weighted by atomic mass is 32.1. The van der Waals surface area contributed by atoms with Crippen molar-refractivity contribution in [2.45, 2.75) is 6.54 Å². The van der Waals surface area contributed by atoms with Crippen LogP contribution in [-0.4, -0.2) is 23.1 Å². The number of thiazole rings is 1. The summed E-state index contributed by atoms with van der Waals surface area (Å²) in [6.45, 7) is 2.30. The maximum atomic E-state index is 5.49. The Balaban J connectivity index is 1.59. The van der Waals surface area contributed by atoms with E-state index >= 15 is 0 Å². The zero-order valence-corrected chi connectivity index (χ0v) is 9.61. The Morgan fingerprint density at radius 3 is 3.06 bits per heavy atom. The van der Waals surface area contributed by atoms with Gasteiger partial charge in [-0.05, 0) is 12.1 Å².